The van der Waals surface area contributed by atoms with Gasteiger partial charge in [0.15, 0.2) is 5.78 Å². The molecule has 0 rings (SSSR count). The van der Waals surface area contributed by atoms with Gasteiger partial charge in [0.05, 0.1) is 5.54 Å². The summed E-state index contributed by atoms with van der Waals surface area (Å²) >= 11 is 0. The highest BCUT2D eigenvalue weighted by Crippen LogP contribution is 2.04. The molecule has 3 nitrogen and oxygen atoms in total. The fourth-order valence-electron chi connectivity index (χ4n) is 0.878. The van der Waals surface area contributed by atoms with Crippen LogP contribution >= 0.6 is 0 Å². The number of Topliss-reactive ketones (excluding diaryl/α,β-unsaturated/α-hetero) is 1. The Morgan fingerprint density at radius 2 is 1.92 bits per heavy atom. The highest BCUT2D eigenvalue weighted by Gasteiger charge is 2.20. The normalized spacial score (nSPS) is 12.2. The van der Waals surface area contributed by atoms with E-state index in [0.717, 1.165) is 13.0 Å². The van der Waals surface area contributed by atoms with Crippen molar-refractivity contribution in [1.29, 1.82) is 0 Å². The summed E-state index contributed by atoms with van der Waals surface area (Å²) in [5.74, 6) is 0.143. The van der Waals surface area contributed by atoms with Crippen LogP contribution in [0.15, 0.2) is 0 Å². The van der Waals surface area contributed by atoms with Gasteiger partial charge in [-0.1, -0.05) is 0 Å². The second kappa shape index (κ2) is 4.58. The first-order chi connectivity index (χ1) is 5.34. The second-order valence-corrected chi connectivity index (χ2v) is 4.05. The van der Waals surface area contributed by atoms with Crippen molar-refractivity contribution in [2.75, 3.05) is 20.6 Å². The fraction of sp³-hybridized carbons (Fsp3) is 0.889. The van der Waals surface area contributed by atoms with Crippen LogP contribution in [0.25, 0.3) is 0 Å². The maximum Gasteiger partial charge on any atom is 0.152 e. The molecule has 0 aromatic rings. The Morgan fingerprint density at radius 3 is 2.25 bits per heavy atom. The molecule has 2 N–H and O–H groups in total. The van der Waals surface area contributed by atoms with E-state index >= 15 is 0 Å². The topological polar surface area (TPSA) is 46.3 Å². The van der Waals surface area contributed by atoms with Crippen LogP contribution < -0.4 is 5.73 Å². The monoisotopic (exact) mass is 172 g/mol. The molecule has 0 saturated heterocycles. The van der Waals surface area contributed by atoms with E-state index in [1.165, 1.54) is 0 Å². The molecule has 12 heavy (non-hydrogen) atoms. The maximum absolute atomic E-state index is 11.3. The summed E-state index contributed by atoms with van der Waals surface area (Å²) in [6, 6.07) is 0. The van der Waals surface area contributed by atoms with Crippen molar-refractivity contribution in [2.45, 2.75) is 32.2 Å². The number of carbonyl (C=O) groups is 1. The predicted octanol–water partition coefficient (Wildman–Crippen LogP) is 0.635. The molecule has 0 saturated carbocycles. The second-order valence-electron chi connectivity index (χ2n) is 4.05. The Hall–Kier alpha value is -0.410. The molecule has 0 amide bonds. The van der Waals surface area contributed by atoms with Crippen LogP contribution in [0, 0.1) is 0 Å². The third kappa shape index (κ3) is 5.27. The van der Waals surface area contributed by atoms with Crippen molar-refractivity contribution in [2.24, 2.45) is 5.73 Å². The molecule has 0 heterocycles. The zero-order valence-corrected chi connectivity index (χ0v) is 8.55. The lowest BCUT2D eigenvalue weighted by Crippen LogP contribution is -2.41. The van der Waals surface area contributed by atoms with Gasteiger partial charge in [0.2, 0.25) is 0 Å². The summed E-state index contributed by atoms with van der Waals surface area (Å²) in [5.41, 5.74) is 4.97. The summed E-state index contributed by atoms with van der Waals surface area (Å²) in [5, 5.41) is 0. The number of carbonyl (C=O) groups excluding carboxylic acids is 1. The lowest BCUT2D eigenvalue weighted by molar-refractivity contribution is -0.123. The van der Waals surface area contributed by atoms with Crippen LogP contribution in [0.2, 0.25) is 0 Å². The van der Waals surface area contributed by atoms with Crippen LogP contribution in [-0.2, 0) is 4.79 Å². The largest absolute Gasteiger partial charge is 0.319 e. The smallest absolute Gasteiger partial charge is 0.152 e. The minimum absolute atomic E-state index is 0.143. The van der Waals surface area contributed by atoms with Gasteiger partial charge in [-0.05, 0) is 40.9 Å². The minimum atomic E-state index is -0.660. The number of nitrogens with zero attached hydrogens (tertiary/aromatic N) is 1. The highest BCUT2D eigenvalue weighted by atomic mass is 16.1. The van der Waals surface area contributed by atoms with Gasteiger partial charge in [0.1, 0.15) is 0 Å². The van der Waals surface area contributed by atoms with Crippen LogP contribution in [0.1, 0.15) is 26.7 Å². The van der Waals surface area contributed by atoms with E-state index in [1.807, 2.05) is 14.1 Å². The average Bonchev–Trinajstić information content (AvgIpc) is 1.84. The molecule has 0 unspecified atom stereocenters. The summed E-state index contributed by atoms with van der Waals surface area (Å²) in [7, 11) is 4.00. The Balaban J connectivity index is 3.59. The molecule has 0 spiro atoms. The van der Waals surface area contributed by atoms with E-state index < -0.39 is 5.54 Å². The van der Waals surface area contributed by atoms with Gasteiger partial charge < -0.3 is 10.6 Å². The van der Waals surface area contributed by atoms with Gasteiger partial charge in [-0.15, -0.1) is 0 Å². The average molecular weight is 172 g/mol. The Kier molecular flexibility index (Phi) is 4.42. The van der Waals surface area contributed by atoms with E-state index in [9.17, 15) is 4.79 Å². The lowest BCUT2D eigenvalue weighted by Gasteiger charge is -2.17. The molecule has 0 aromatic heterocycles. The maximum atomic E-state index is 11.3. The quantitative estimate of drug-likeness (QED) is 0.662. The molecule has 0 aliphatic rings. The fourth-order valence-corrected chi connectivity index (χ4v) is 0.878. The molecule has 0 radical (unpaired) electrons. The van der Waals surface area contributed by atoms with E-state index in [-0.39, 0.29) is 5.78 Å². The first-order valence-corrected chi connectivity index (χ1v) is 4.31. The molecule has 0 aliphatic heterocycles. The van der Waals surface area contributed by atoms with Crippen LogP contribution in [0.4, 0.5) is 0 Å². The first kappa shape index (κ1) is 11.6. The first-order valence-electron chi connectivity index (χ1n) is 4.31. The summed E-state index contributed by atoms with van der Waals surface area (Å²) in [6.45, 7) is 4.46. The molecule has 0 atom stereocenters. The van der Waals surface area contributed by atoms with E-state index in [2.05, 4.69) is 4.90 Å². The third-order valence-electron chi connectivity index (χ3n) is 1.73. The van der Waals surface area contributed by atoms with Gasteiger partial charge in [-0.2, -0.15) is 0 Å². The van der Waals surface area contributed by atoms with E-state index in [4.69, 9.17) is 5.73 Å². The molecule has 0 bridgehead atoms. The Morgan fingerprint density at radius 1 is 1.42 bits per heavy atom. The lowest BCUT2D eigenvalue weighted by atomic mass is 9.97. The SMILES string of the molecule is CN(C)CCCC(=O)C(C)(C)N. The van der Waals surface area contributed by atoms with Crippen molar-refractivity contribution in [3.05, 3.63) is 0 Å². The predicted molar refractivity (Wildman–Crippen MR) is 51.1 cm³/mol. The van der Waals surface area contributed by atoms with Gasteiger partial charge in [-0.3, -0.25) is 4.79 Å². The molecule has 0 fully saturated rings. The van der Waals surface area contributed by atoms with Crippen molar-refractivity contribution >= 4 is 5.78 Å². The van der Waals surface area contributed by atoms with Crippen LogP contribution in [0.5, 0.6) is 0 Å². The van der Waals surface area contributed by atoms with Crippen molar-refractivity contribution < 1.29 is 4.79 Å². The Bertz CT molecular complexity index is 147. The summed E-state index contributed by atoms with van der Waals surface area (Å²) in [6.07, 6.45) is 1.48. The van der Waals surface area contributed by atoms with Crippen molar-refractivity contribution in [3.63, 3.8) is 0 Å². The molecule has 0 aliphatic carbocycles. The zero-order chi connectivity index (χ0) is 9.78. The van der Waals surface area contributed by atoms with Crippen molar-refractivity contribution in [1.82, 2.24) is 4.90 Å². The summed E-state index contributed by atoms with van der Waals surface area (Å²) in [4.78, 5) is 13.4. The van der Waals surface area contributed by atoms with Crippen LogP contribution in [-0.4, -0.2) is 36.9 Å². The molecule has 72 valence electrons. The Labute approximate surface area is 74.9 Å². The van der Waals surface area contributed by atoms with Crippen LogP contribution in [0.3, 0.4) is 0 Å². The van der Waals surface area contributed by atoms with Crippen molar-refractivity contribution in [3.8, 4) is 0 Å². The number of hydrogen-bond acceptors (Lipinski definition) is 3. The molecule has 0 aromatic carbocycles. The third-order valence-corrected chi connectivity index (χ3v) is 1.73. The zero-order valence-electron chi connectivity index (χ0n) is 8.55. The van der Waals surface area contributed by atoms with Gasteiger partial charge >= 0.3 is 0 Å². The summed E-state index contributed by atoms with van der Waals surface area (Å²) < 4.78 is 0. The van der Waals surface area contributed by atoms with E-state index in [1.54, 1.807) is 13.8 Å². The van der Waals surface area contributed by atoms with Gasteiger partial charge in [0, 0.05) is 6.42 Å². The minimum Gasteiger partial charge on any atom is -0.319 e. The molecular formula is C9H20N2O. The van der Waals surface area contributed by atoms with E-state index in [0.29, 0.717) is 6.42 Å². The standard InChI is InChI=1S/C9H20N2O/c1-9(2,10)8(12)6-5-7-11(3)4/h5-7,10H2,1-4H3. The number of hydrogen-bond donors (Lipinski definition) is 1. The number of rotatable bonds is 5. The van der Waals surface area contributed by atoms with Gasteiger partial charge in [0.25, 0.3) is 0 Å². The molecular weight excluding hydrogens is 152 g/mol. The molecule has 3 heteroatoms. The number of ketones is 1. The highest BCUT2D eigenvalue weighted by molar-refractivity contribution is 5.87. The van der Waals surface area contributed by atoms with Gasteiger partial charge in [-0.25, -0.2) is 0 Å². The number of nitrogens with two attached hydrogens (primary N) is 1.